The van der Waals surface area contributed by atoms with Gasteiger partial charge in [-0.15, -0.1) is 11.3 Å². The van der Waals surface area contributed by atoms with E-state index in [4.69, 9.17) is 9.72 Å². The van der Waals surface area contributed by atoms with Gasteiger partial charge in [0.25, 0.3) is 0 Å². The fraction of sp³-hybridized carbons (Fsp3) is 0.379. The molecule has 1 saturated heterocycles. The third kappa shape index (κ3) is 4.28. The summed E-state index contributed by atoms with van der Waals surface area (Å²) in [4.78, 5) is 28.7. The van der Waals surface area contributed by atoms with Gasteiger partial charge in [-0.2, -0.15) is 0 Å². The van der Waals surface area contributed by atoms with Crippen molar-refractivity contribution in [3.05, 3.63) is 64.2 Å². The average molecular weight is 532 g/mol. The number of anilines is 1. The van der Waals surface area contributed by atoms with Gasteiger partial charge in [0, 0.05) is 36.0 Å². The summed E-state index contributed by atoms with van der Waals surface area (Å²) in [6, 6.07) is 10.2. The molecule has 0 bridgehead atoms. The molecular weight excluding hydrogens is 501 g/mol. The van der Waals surface area contributed by atoms with Crippen LogP contribution in [-0.4, -0.2) is 51.5 Å². The Bertz CT molecular complexity index is 1570. The number of fused-ring (bicyclic) bond motifs is 2. The van der Waals surface area contributed by atoms with Crippen LogP contribution in [0.25, 0.3) is 21.3 Å². The number of aromatic nitrogens is 3. The van der Waals surface area contributed by atoms with Crippen molar-refractivity contribution in [3.63, 3.8) is 0 Å². The molecule has 3 aromatic heterocycles. The highest BCUT2D eigenvalue weighted by molar-refractivity contribution is 7.18. The number of likely N-dealkylation sites (tertiary alicyclic amines) is 1. The van der Waals surface area contributed by atoms with Gasteiger partial charge in [-0.25, -0.2) is 19.3 Å². The number of carbonyl (C=O) groups excluding carboxylic acids is 1. The largest absolute Gasteiger partial charge is 0.481 e. The highest BCUT2D eigenvalue weighted by Crippen LogP contribution is 2.39. The molecule has 0 radical (unpaired) electrons. The monoisotopic (exact) mass is 531 g/mol. The number of rotatable bonds is 4. The van der Waals surface area contributed by atoms with Crippen LogP contribution in [0.2, 0.25) is 0 Å². The van der Waals surface area contributed by atoms with Gasteiger partial charge in [0.1, 0.15) is 11.6 Å². The minimum atomic E-state index is -0.625. The Labute approximate surface area is 225 Å². The van der Waals surface area contributed by atoms with Crippen LogP contribution < -0.4 is 10.1 Å². The zero-order valence-corrected chi connectivity index (χ0v) is 22.8. The van der Waals surface area contributed by atoms with Crippen LogP contribution in [0, 0.1) is 19.7 Å². The third-order valence-corrected chi connectivity index (χ3v) is 8.88. The molecule has 2 aliphatic heterocycles. The van der Waals surface area contributed by atoms with E-state index in [1.807, 2.05) is 18.7 Å². The van der Waals surface area contributed by atoms with Crippen LogP contribution in [0.1, 0.15) is 47.5 Å². The van der Waals surface area contributed by atoms with Gasteiger partial charge in [-0.05, 0) is 69.4 Å². The highest BCUT2D eigenvalue weighted by Gasteiger charge is 2.43. The smallest absolute Gasteiger partial charge is 0.230 e. The Morgan fingerprint density at radius 1 is 1.21 bits per heavy atom. The van der Waals surface area contributed by atoms with Crippen molar-refractivity contribution in [1.29, 1.82) is 0 Å². The lowest BCUT2D eigenvalue weighted by atomic mass is 9.86. The Balaban J connectivity index is 1.21. The maximum Gasteiger partial charge on any atom is 0.230 e. The second-order valence-electron chi connectivity index (χ2n) is 10.4. The molecule has 196 valence electrons. The second-order valence-corrected chi connectivity index (χ2v) is 11.7. The van der Waals surface area contributed by atoms with Gasteiger partial charge in [0.05, 0.1) is 40.0 Å². The molecule has 1 amide bonds. The molecule has 4 aromatic rings. The summed E-state index contributed by atoms with van der Waals surface area (Å²) in [5.41, 5.74) is 5.50. The number of methoxy groups -OCH3 is 1. The molecule has 2 atom stereocenters. The number of halogens is 1. The lowest BCUT2D eigenvalue weighted by Crippen LogP contribution is -2.46. The third-order valence-electron chi connectivity index (χ3n) is 7.93. The van der Waals surface area contributed by atoms with Crippen LogP contribution in [0.3, 0.4) is 0 Å². The van der Waals surface area contributed by atoms with Crippen molar-refractivity contribution >= 4 is 33.3 Å². The molecule has 5 heterocycles. The standard InChI is InChI=1S/C29H30FN5O2S/c1-16(21-13-26(37-4)31-14-23(21)30)28(36)35-10-9-29(15-35)8-7-20-11-22(17(2)32-27(20)34-29)19-5-6-25-24(12-19)33-18(3)38-25/h5-6,11-14,16H,7-10,15H2,1-4H3,(H,32,34)/t16-,29+/m1/s1. The Hall–Kier alpha value is -3.59. The molecule has 1 aromatic carbocycles. The fourth-order valence-corrected chi connectivity index (χ4v) is 6.59. The molecular formula is C29H30FN5O2S. The number of benzene rings is 1. The van der Waals surface area contributed by atoms with Crippen molar-refractivity contribution in [3.8, 4) is 17.0 Å². The summed E-state index contributed by atoms with van der Waals surface area (Å²) in [7, 11) is 1.48. The maximum absolute atomic E-state index is 14.5. The van der Waals surface area contributed by atoms with Crippen LogP contribution in [-0.2, 0) is 11.2 Å². The predicted octanol–water partition coefficient (Wildman–Crippen LogP) is 5.65. The molecule has 0 unspecified atom stereocenters. The van der Waals surface area contributed by atoms with Crippen LogP contribution in [0.5, 0.6) is 5.88 Å². The summed E-state index contributed by atoms with van der Waals surface area (Å²) in [6.45, 7) is 7.01. The average Bonchev–Trinajstić information content (AvgIpc) is 3.49. The number of hydrogen-bond acceptors (Lipinski definition) is 7. The van der Waals surface area contributed by atoms with Gasteiger partial charge >= 0.3 is 0 Å². The Kier molecular flexibility index (Phi) is 6.06. The van der Waals surface area contributed by atoms with Gasteiger partial charge in [0.2, 0.25) is 11.8 Å². The first-order chi connectivity index (χ1) is 18.2. The minimum Gasteiger partial charge on any atom is -0.481 e. The summed E-state index contributed by atoms with van der Waals surface area (Å²) in [5, 5.41) is 4.76. The van der Waals surface area contributed by atoms with Crippen molar-refractivity contribution in [1.82, 2.24) is 19.9 Å². The zero-order valence-electron chi connectivity index (χ0n) is 22.0. The minimum absolute atomic E-state index is 0.0891. The molecule has 9 heteroatoms. The molecule has 0 saturated carbocycles. The summed E-state index contributed by atoms with van der Waals surface area (Å²) >= 11 is 1.71. The molecule has 0 aliphatic carbocycles. The molecule has 38 heavy (non-hydrogen) atoms. The number of aryl methyl sites for hydroxylation is 3. The number of nitrogens with one attached hydrogen (secondary N) is 1. The molecule has 1 N–H and O–H groups in total. The zero-order chi connectivity index (χ0) is 26.6. The van der Waals surface area contributed by atoms with E-state index >= 15 is 0 Å². The van der Waals surface area contributed by atoms with Gasteiger partial charge in [0.15, 0.2) is 0 Å². The number of hydrogen-bond donors (Lipinski definition) is 1. The van der Waals surface area contributed by atoms with Gasteiger partial charge in [-0.3, -0.25) is 4.79 Å². The second kappa shape index (κ2) is 9.31. The summed E-state index contributed by atoms with van der Waals surface area (Å²) in [5.74, 6) is -0.0134. The van der Waals surface area contributed by atoms with Crippen molar-refractivity contribution < 1.29 is 13.9 Å². The van der Waals surface area contributed by atoms with E-state index < -0.39 is 11.7 Å². The van der Waals surface area contributed by atoms with Gasteiger partial charge < -0.3 is 15.0 Å². The number of amides is 1. The fourth-order valence-electron chi connectivity index (χ4n) is 5.79. The number of nitrogens with zero attached hydrogens (tertiary/aromatic N) is 4. The van der Waals surface area contributed by atoms with E-state index in [-0.39, 0.29) is 11.4 Å². The number of pyridine rings is 2. The van der Waals surface area contributed by atoms with Crippen molar-refractivity contribution in [2.45, 2.75) is 51.5 Å². The molecule has 7 nitrogen and oxygen atoms in total. The Morgan fingerprint density at radius 2 is 2.05 bits per heavy atom. The summed E-state index contributed by atoms with van der Waals surface area (Å²) in [6.07, 6.45) is 3.73. The van der Waals surface area contributed by atoms with E-state index in [0.29, 0.717) is 24.5 Å². The number of carbonyl (C=O) groups is 1. The van der Waals surface area contributed by atoms with Gasteiger partial charge in [-0.1, -0.05) is 6.07 Å². The van der Waals surface area contributed by atoms with Crippen molar-refractivity contribution in [2.24, 2.45) is 0 Å². The SMILES string of the molecule is COc1cc([C@@H](C)C(=O)N2CC[C@@]3(CCc4cc(-c5ccc6sc(C)nc6c5)c(C)nc4N3)C2)c(F)cn1. The quantitative estimate of drug-likeness (QED) is 0.367. The number of thiazole rings is 1. The van der Waals surface area contributed by atoms with E-state index in [0.717, 1.165) is 58.6 Å². The molecule has 6 rings (SSSR count). The van der Waals surface area contributed by atoms with Crippen LogP contribution in [0.15, 0.2) is 36.5 Å². The van der Waals surface area contributed by atoms with Crippen molar-refractivity contribution in [2.75, 3.05) is 25.5 Å². The predicted molar refractivity (Wildman–Crippen MR) is 147 cm³/mol. The lowest BCUT2D eigenvalue weighted by molar-refractivity contribution is -0.131. The Morgan fingerprint density at radius 3 is 2.87 bits per heavy atom. The normalized spacial score (nSPS) is 19.4. The summed E-state index contributed by atoms with van der Waals surface area (Å²) < 4.78 is 20.8. The van der Waals surface area contributed by atoms with E-state index in [2.05, 4.69) is 39.6 Å². The first kappa shape index (κ1) is 24.7. The van der Waals surface area contributed by atoms with Crippen LogP contribution in [0.4, 0.5) is 10.2 Å². The van der Waals surface area contributed by atoms with E-state index in [1.165, 1.54) is 23.4 Å². The molecule has 2 aliphatic rings. The van der Waals surface area contributed by atoms with E-state index in [9.17, 15) is 9.18 Å². The molecule has 1 fully saturated rings. The first-order valence-electron chi connectivity index (χ1n) is 12.9. The van der Waals surface area contributed by atoms with E-state index in [1.54, 1.807) is 18.3 Å². The number of ether oxygens (including phenoxy) is 1. The topological polar surface area (TPSA) is 80.2 Å². The lowest BCUT2D eigenvalue weighted by Gasteiger charge is -2.36. The first-order valence-corrected chi connectivity index (χ1v) is 13.7. The maximum atomic E-state index is 14.5. The molecule has 1 spiro atoms. The van der Waals surface area contributed by atoms with Crippen LogP contribution >= 0.6 is 11.3 Å². The highest BCUT2D eigenvalue weighted by atomic mass is 32.1.